The molecule has 140 valence electrons. The molecule has 25 heavy (non-hydrogen) atoms. The van der Waals surface area contributed by atoms with Crippen LogP contribution in [0.5, 0.6) is 0 Å². The van der Waals surface area contributed by atoms with Gasteiger partial charge in [0.15, 0.2) is 14.1 Å². The van der Waals surface area contributed by atoms with E-state index >= 15 is 0 Å². The lowest BCUT2D eigenvalue weighted by Gasteiger charge is -2.52. The predicted molar refractivity (Wildman–Crippen MR) is 103 cm³/mol. The maximum absolute atomic E-state index is 7.00. The third-order valence-electron chi connectivity index (χ3n) is 7.58. The Morgan fingerprint density at radius 3 is 2.44 bits per heavy atom. The molecule has 2 fully saturated rings. The summed E-state index contributed by atoms with van der Waals surface area (Å²) in [6, 6.07) is 0. The van der Waals surface area contributed by atoms with Crippen LogP contribution in [-0.4, -0.2) is 33.4 Å². The van der Waals surface area contributed by atoms with Crippen LogP contribution < -0.4 is 0 Å². The Labute approximate surface area is 153 Å². The topological polar surface area (TPSA) is 27.7 Å². The molecule has 0 aromatic rings. The molecule has 0 amide bonds. The summed E-state index contributed by atoms with van der Waals surface area (Å²) in [4.78, 5) is 0. The molecule has 1 heterocycles. The largest absolute Gasteiger partial charge is 0.414 e. The van der Waals surface area contributed by atoms with Crippen LogP contribution in [0.2, 0.25) is 18.1 Å². The fraction of sp³-hybridized carbons (Fsp3) is 0.810. The smallest absolute Gasteiger partial charge is 0.192 e. The second-order valence-electron chi connectivity index (χ2n) is 10.2. The van der Waals surface area contributed by atoms with Crippen LogP contribution in [0.3, 0.4) is 0 Å². The van der Waals surface area contributed by atoms with Crippen LogP contribution >= 0.6 is 0 Å². The predicted octanol–water partition coefficient (Wildman–Crippen LogP) is 5.05. The summed E-state index contributed by atoms with van der Waals surface area (Å²) in [6.45, 7) is 15.5. The van der Waals surface area contributed by atoms with E-state index < -0.39 is 14.1 Å². The minimum Gasteiger partial charge on any atom is -0.414 e. The first kappa shape index (κ1) is 18.0. The zero-order valence-corrected chi connectivity index (χ0v) is 17.7. The first-order valence-electron chi connectivity index (χ1n) is 9.91. The number of fused-ring (bicyclic) bond motifs is 1. The maximum Gasteiger partial charge on any atom is 0.192 e. The van der Waals surface area contributed by atoms with E-state index in [4.69, 9.17) is 13.9 Å². The lowest BCUT2D eigenvalue weighted by Crippen LogP contribution is -2.53. The van der Waals surface area contributed by atoms with Crippen molar-refractivity contribution < 1.29 is 13.9 Å². The number of rotatable bonds is 2. The number of allylic oxidation sites excluding steroid dienone is 3. The van der Waals surface area contributed by atoms with Gasteiger partial charge in [-0.25, -0.2) is 0 Å². The quantitative estimate of drug-likeness (QED) is 0.508. The molecule has 0 N–H and O–H groups in total. The monoisotopic (exact) mass is 362 g/mol. The highest BCUT2D eigenvalue weighted by Crippen LogP contribution is 2.60. The van der Waals surface area contributed by atoms with Crippen LogP contribution in [0.1, 0.15) is 47.0 Å². The van der Waals surface area contributed by atoms with E-state index in [1.54, 1.807) is 5.57 Å². The van der Waals surface area contributed by atoms with Gasteiger partial charge in [0.2, 0.25) is 0 Å². The van der Waals surface area contributed by atoms with Crippen molar-refractivity contribution in [1.82, 2.24) is 0 Å². The van der Waals surface area contributed by atoms with Crippen molar-refractivity contribution in [3.8, 4) is 0 Å². The van der Waals surface area contributed by atoms with E-state index in [0.29, 0.717) is 31.2 Å². The van der Waals surface area contributed by atoms with Gasteiger partial charge in [0.05, 0.1) is 13.2 Å². The second kappa shape index (κ2) is 5.54. The van der Waals surface area contributed by atoms with E-state index in [2.05, 4.69) is 59.0 Å². The molecule has 1 saturated carbocycles. The van der Waals surface area contributed by atoms with Crippen LogP contribution in [0, 0.1) is 17.3 Å². The van der Waals surface area contributed by atoms with Gasteiger partial charge < -0.3 is 13.9 Å². The molecule has 2 bridgehead atoms. The summed E-state index contributed by atoms with van der Waals surface area (Å²) < 4.78 is 19.1. The van der Waals surface area contributed by atoms with E-state index in [1.165, 1.54) is 6.42 Å². The maximum atomic E-state index is 7.00. The zero-order valence-electron chi connectivity index (χ0n) is 16.7. The first-order chi connectivity index (χ1) is 11.6. The van der Waals surface area contributed by atoms with Gasteiger partial charge in [-0.15, -0.1) is 0 Å². The molecule has 4 atom stereocenters. The summed E-state index contributed by atoms with van der Waals surface area (Å²) in [5, 5.41) is 0.238. The third kappa shape index (κ3) is 2.80. The van der Waals surface area contributed by atoms with Crippen molar-refractivity contribution in [3.63, 3.8) is 0 Å². The molecule has 2 spiro atoms. The van der Waals surface area contributed by atoms with Crippen molar-refractivity contribution in [2.45, 2.75) is 77.0 Å². The zero-order chi connectivity index (χ0) is 18.1. The summed E-state index contributed by atoms with van der Waals surface area (Å²) in [5.41, 5.74) is 1.71. The molecule has 4 heteroatoms. The average molecular weight is 363 g/mol. The minimum absolute atomic E-state index is 0.153. The lowest BCUT2D eigenvalue weighted by molar-refractivity contribution is -0.158. The molecule has 1 saturated heterocycles. The van der Waals surface area contributed by atoms with Crippen LogP contribution in [0.15, 0.2) is 23.8 Å². The van der Waals surface area contributed by atoms with Gasteiger partial charge in [-0.3, -0.25) is 0 Å². The molecule has 0 aromatic heterocycles. The molecular formula is C21H34O3Si. The highest BCUT2D eigenvalue weighted by atomic mass is 28.4. The molecule has 3 nitrogen and oxygen atoms in total. The standard InChI is InChI=1S/C21H34O3Si/c1-15-12-20-7-8-21(22-9-10-23-21)14-17(20)18(11-16(15)13-20)24-25(5,6)19(2,3)4/h7-8,12,16-18H,9-11,13-14H2,1-6H3/t16-,17-,18+,20-/m1/s1. The van der Waals surface area contributed by atoms with Crippen LogP contribution in [-0.2, 0) is 13.9 Å². The Balaban J connectivity index is 1.67. The molecular weight excluding hydrogens is 328 g/mol. The molecule has 4 aliphatic rings. The summed E-state index contributed by atoms with van der Waals surface area (Å²) in [7, 11) is -1.81. The Morgan fingerprint density at radius 2 is 1.80 bits per heavy atom. The van der Waals surface area contributed by atoms with E-state index in [1.807, 2.05) is 0 Å². The van der Waals surface area contributed by atoms with Gasteiger partial charge in [0.25, 0.3) is 0 Å². The van der Waals surface area contributed by atoms with E-state index in [0.717, 1.165) is 12.8 Å². The summed E-state index contributed by atoms with van der Waals surface area (Å²) >= 11 is 0. The van der Waals surface area contributed by atoms with Gasteiger partial charge in [0.1, 0.15) is 0 Å². The van der Waals surface area contributed by atoms with Crippen LogP contribution in [0.25, 0.3) is 0 Å². The van der Waals surface area contributed by atoms with Crippen molar-refractivity contribution in [2.24, 2.45) is 17.3 Å². The fourth-order valence-electron chi connectivity index (χ4n) is 5.09. The number of hydrogen-bond acceptors (Lipinski definition) is 3. The molecule has 0 unspecified atom stereocenters. The highest BCUT2D eigenvalue weighted by Gasteiger charge is 2.57. The van der Waals surface area contributed by atoms with E-state index in [9.17, 15) is 0 Å². The minimum atomic E-state index is -1.81. The normalized spacial score (nSPS) is 39.6. The Kier molecular flexibility index (Phi) is 3.98. The molecule has 0 radical (unpaired) electrons. The Hall–Kier alpha value is -0.423. The van der Waals surface area contributed by atoms with Gasteiger partial charge in [-0.05, 0) is 49.9 Å². The second-order valence-corrected chi connectivity index (χ2v) is 15.0. The van der Waals surface area contributed by atoms with Gasteiger partial charge in [0, 0.05) is 23.9 Å². The van der Waals surface area contributed by atoms with Gasteiger partial charge >= 0.3 is 0 Å². The summed E-state index contributed by atoms with van der Waals surface area (Å²) in [5.74, 6) is 0.635. The Morgan fingerprint density at radius 1 is 1.12 bits per heavy atom. The number of ether oxygens (including phenoxy) is 2. The molecule has 4 rings (SSSR count). The molecule has 0 aromatic carbocycles. The molecule has 3 aliphatic carbocycles. The fourth-order valence-corrected chi connectivity index (χ4v) is 6.47. The van der Waals surface area contributed by atoms with Gasteiger partial charge in [-0.2, -0.15) is 0 Å². The van der Waals surface area contributed by atoms with Crippen molar-refractivity contribution in [2.75, 3.05) is 13.2 Å². The highest BCUT2D eigenvalue weighted by molar-refractivity contribution is 6.74. The SMILES string of the molecule is CC1=C[C@@]23C=CC4(C[C@@H]2[C@@H](O[Si](C)(C)C(C)(C)C)C[C@@H]1C3)OCCO4. The first-order valence-corrected chi connectivity index (χ1v) is 12.8. The number of hydrogen-bond donors (Lipinski definition) is 0. The third-order valence-corrected chi connectivity index (χ3v) is 12.1. The van der Waals surface area contributed by atoms with E-state index in [-0.39, 0.29) is 10.5 Å². The Bertz CT molecular complexity index is 609. The average Bonchev–Trinajstić information content (AvgIpc) is 3.04. The molecule has 1 aliphatic heterocycles. The van der Waals surface area contributed by atoms with Crippen LogP contribution in [0.4, 0.5) is 0 Å². The van der Waals surface area contributed by atoms with Crippen molar-refractivity contribution >= 4 is 8.32 Å². The lowest BCUT2D eigenvalue weighted by atomic mass is 9.61. The van der Waals surface area contributed by atoms with Crippen molar-refractivity contribution in [1.29, 1.82) is 0 Å². The van der Waals surface area contributed by atoms with Gasteiger partial charge in [-0.1, -0.05) is 38.5 Å². The summed E-state index contributed by atoms with van der Waals surface area (Å²) in [6.07, 6.45) is 10.8. The van der Waals surface area contributed by atoms with Crippen molar-refractivity contribution in [3.05, 3.63) is 23.8 Å².